The number of carboxylic acid groups (broad SMARTS) is 1. The van der Waals surface area contributed by atoms with E-state index >= 15 is 0 Å². The topological polar surface area (TPSA) is 138 Å². The van der Waals surface area contributed by atoms with Gasteiger partial charge in [0.2, 0.25) is 0 Å². The highest BCUT2D eigenvalue weighted by molar-refractivity contribution is 8.01. The third-order valence-corrected chi connectivity index (χ3v) is 7.12. The van der Waals surface area contributed by atoms with Crippen LogP contribution in [0.25, 0.3) is 0 Å². The summed E-state index contributed by atoms with van der Waals surface area (Å²) in [4.78, 5) is 45.5. The van der Waals surface area contributed by atoms with Crippen molar-refractivity contribution in [2.45, 2.75) is 16.6 Å². The molecule has 0 unspecified atom stereocenters. The van der Waals surface area contributed by atoms with Crippen LogP contribution in [-0.2, 0) is 16.6 Å². The summed E-state index contributed by atoms with van der Waals surface area (Å²) in [5.41, 5.74) is 0.494. The van der Waals surface area contributed by atoms with E-state index in [0.717, 1.165) is 17.3 Å². The van der Waals surface area contributed by atoms with Crippen molar-refractivity contribution in [1.82, 2.24) is 19.7 Å². The summed E-state index contributed by atoms with van der Waals surface area (Å²) in [6.07, 6.45) is 1.62. The molecular formula is C19H17N5O5S2. The molecule has 0 aliphatic carbocycles. The smallest absolute Gasteiger partial charge is 0.352 e. The molecule has 1 fully saturated rings. The van der Waals surface area contributed by atoms with Gasteiger partial charge in [0.15, 0.2) is 11.2 Å². The zero-order valence-corrected chi connectivity index (χ0v) is 17.8. The fourth-order valence-corrected chi connectivity index (χ4v) is 5.58. The number of fused-ring (bicyclic) bond motifs is 1. The van der Waals surface area contributed by atoms with Gasteiger partial charge in [-0.25, -0.2) is 9.48 Å². The Morgan fingerprint density at radius 2 is 2.10 bits per heavy atom. The van der Waals surface area contributed by atoms with Crippen molar-refractivity contribution in [3.63, 3.8) is 0 Å². The predicted molar refractivity (Wildman–Crippen MR) is 115 cm³/mol. The largest absolute Gasteiger partial charge is 0.488 e. The molecule has 1 aromatic carbocycles. The van der Waals surface area contributed by atoms with E-state index in [1.54, 1.807) is 6.21 Å². The number of carbonyl (C=O) groups is 2. The molecule has 1 amide bonds. The molecule has 12 heteroatoms. The number of aromatic nitrogens is 3. The fraction of sp³-hybridized carbons (Fsp3) is 0.263. The van der Waals surface area contributed by atoms with Crippen LogP contribution in [0.4, 0.5) is 0 Å². The number of carboxylic acids is 1. The number of hydrogen-bond donors (Lipinski definition) is 2. The molecule has 10 nitrogen and oxygen atoms in total. The van der Waals surface area contributed by atoms with E-state index in [0.29, 0.717) is 11.3 Å². The first-order valence-electron chi connectivity index (χ1n) is 9.12. The standard InChI is InChI=1S/C19H17N5O5S2/c1-23-19(21-14(25)15(26)22-23)31-9-11-8-30-17-12(16(27)24(17)13(11)18(28)29)20-7-10-5-3-2-4-6-10/h2-7,12,17H,8-9H2,1H3,(H,22,26)(H,28,29)/b20-7+/t12-,17-/m1/s1. The number of nitrogens with zero attached hydrogens (tertiary/aromatic N) is 5. The molecular weight excluding hydrogens is 442 g/mol. The minimum Gasteiger partial charge on any atom is -0.488 e. The monoisotopic (exact) mass is 459 g/mol. The minimum absolute atomic E-state index is 0.0517. The summed E-state index contributed by atoms with van der Waals surface area (Å²) < 4.78 is 1.24. The number of aliphatic imine (C=N–C) groups is 1. The summed E-state index contributed by atoms with van der Waals surface area (Å²) in [6.45, 7) is 0. The Balaban J connectivity index is 1.53. The molecule has 2 aliphatic heterocycles. The number of rotatable bonds is 6. The normalized spacial score (nSPS) is 20.7. The predicted octanol–water partition coefficient (Wildman–Crippen LogP) is 0.715. The van der Waals surface area contributed by atoms with E-state index in [1.165, 1.54) is 28.4 Å². The molecule has 3 heterocycles. The average molecular weight is 460 g/mol. The van der Waals surface area contributed by atoms with Gasteiger partial charge < -0.3 is 10.2 Å². The summed E-state index contributed by atoms with van der Waals surface area (Å²) in [6, 6.07) is 8.74. The van der Waals surface area contributed by atoms with Gasteiger partial charge in [-0.3, -0.25) is 19.5 Å². The van der Waals surface area contributed by atoms with Crippen LogP contribution in [0, 0.1) is 0 Å². The second-order valence-corrected chi connectivity index (χ2v) is 8.78. The average Bonchev–Trinajstić information content (AvgIpc) is 2.75. The highest BCUT2D eigenvalue weighted by atomic mass is 32.2. The van der Waals surface area contributed by atoms with Gasteiger partial charge in [-0.05, 0) is 11.1 Å². The van der Waals surface area contributed by atoms with E-state index in [4.69, 9.17) is 0 Å². The molecule has 0 spiro atoms. The Kier molecular flexibility index (Phi) is 5.83. The Labute approximate surface area is 184 Å². The van der Waals surface area contributed by atoms with Crippen molar-refractivity contribution >= 4 is 41.6 Å². The molecule has 0 saturated carbocycles. The lowest BCUT2D eigenvalue weighted by Gasteiger charge is -2.47. The van der Waals surface area contributed by atoms with Crippen LogP contribution in [0.5, 0.6) is 5.88 Å². The SMILES string of the molecule is Cn1nc(O)c(=O)nc1SCC1=C(C(=O)O)N2C(=O)[C@@H](/N=C/c3ccccc3)[C@H]2SC1. The first-order valence-corrected chi connectivity index (χ1v) is 11.2. The van der Waals surface area contributed by atoms with Gasteiger partial charge in [0.05, 0.1) is 0 Å². The Hall–Kier alpha value is -3.12. The Morgan fingerprint density at radius 3 is 2.81 bits per heavy atom. The lowest BCUT2D eigenvalue weighted by Crippen LogP contribution is -2.64. The van der Waals surface area contributed by atoms with Gasteiger partial charge in [-0.2, -0.15) is 4.98 Å². The first-order chi connectivity index (χ1) is 14.9. The Morgan fingerprint density at radius 1 is 1.35 bits per heavy atom. The highest BCUT2D eigenvalue weighted by Crippen LogP contribution is 2.42. The number of aromatic hydroxyl groups is 1. The van der Waals surface area contributed by atoms with Crippen molar-refractivity contribution in [1.29, 1.82) is 0 Å². The number of thioether (sulfide) groups is 2. The molecule has 1 saturated heterocycles. The van der Waals surface area contributed by atoms with Gasteiger partial charge >= 0.3 is 11.5 Å². The second-order valence-electron chi connectivity index (χ2n) is 6.74. The van der Waals surface area contributed by atoms with Crippen molar-refractivity contribution in [3.05, 3.63) is 57.5 Å². The fourth-order valence-electron chi connectivity index (χ4n) is 3.20. The van der Waals surface area contributed by atoms with Crippen LogP contribution in [0.2, 0.25) is 0 Å². The van der Waals surface area contributed by atoms with Gasteiger partial charge in [0.25, 0.3) is 11.8 Å². The minimum atomic E-state index is -1.19. The molecule has 160 valence electrons. The molecule has 2 aliphatic rings. The first kappa shape index (κ1) is 21.1. The van der Waals surface area contributed by atoms with Crippen molar-refractivity contribution < 1.29 is 19.8 Å². The molecule has 2 aromatic rings. The zero-order chi connectivity index (χ0) is 22.1. The molecule has 0 bridgehead atoms. The maximum absolute atomic E-state index is 12.7. The van der Waals surface area contributed by atoms with Gasteiger partial charge in [-0.1, -0.05) is 42.1 Å². The molecule has 2 N–H and O–H groups in total. The van der Waals surface area contributed by atoms with Crippen LogP contribution < -0.4 is 5.56 Å². The molecule has 1 aromatic heterocycles. The van der Waals surface area contributed by atoms with Crippen molar-refractivity contribution in [3.8, 4) is 5.88 Å². The van der Waals surface area contributed by atoms with E-state index in [2.05, 4.69) is 15.1 Å². The zero-order valence-electron chi connectivity index (χ0n) is 16.2. The summed E-state index contributed by atoms with van der Waals surface area (Å²) in [5, 5.41) is 22.6. The number of hydrogen-bond acceptors (Lipinski definition) is 9. The van der Waals surface area contributed by atoms with E-state index < -0.39 is 23.5 Å². The summed E-state index contributed by atoms with van der Waals surface area (Å²) >= 11 is 2.56. The summed E-state index contributed by atoms with van der Waals surface area (Å²) in [7, 11) is 1.51. The van der Waals surface area contributed by atoms with Crippen LogP contribution in [-0.4, -0.2) is 70.9 Å². The maximum atomic E-state index is 12.7. The Bertz CT molecular complexity index is 1160. The highest BCUT2D eigenvalue weighted by Gasteiger charge is 2.53. The second kappa shape index (κ2) is 8.55. The van der Waals surface area contributed by atoms with Gasteiger partial charge in [0, 0.05) is 24.8 Å². The van der Waals surface area contributed by atoms with Crippen molar-refractivity contribution in [2.24, 2.45) is 12.0 Å². The van der Waals surface area contributed by atoms with Gasteiger partial charge in [0.1, 0.15) is 11.1 Å². The van der Waals surface area contributed by atoms with Crippen LogP contribution in [0.15, 0.2) is 56.5 Å². The molecule has 2 atom stereocenters. The van der Waals surface area contributed by atoms with Crippen LogP contribution >= 0.6 is 23.5 Å². The number of aryl methyl sites for hydroxylation is 1. The van der Waals surface area contributed by atoms with Crippen molar-refractivity contribution in [2.75, 3.05) is 11.5 Å². The lowest BCUT2D eigenvalue weighted by atomic mass is 10.0. The molecule has 31 heavy (non-hydrogen) atoms. The molecule has 4 rings (SSSR count). The number of carbonyl (C=O) groups excluding carboxylic acids is 1. The number of amides is 1. The summed E-state index contributed by atoms with van der Waals surface area (Å²) in [5.74, 6) is -1.65. The number of β-lactam (4-membered cyclic amide) rings is 1. The van der Waals surface area contributed by atoms with E-state index in [9.17, 15) is 24.6 Å². The van der Waals surface area contributed by atoms with Crippen LogP contribution in [0.1, 0.15) is 5.56 Å². The van der Waals surface area contributed by atoms with Gasteiger partial charge in [-0.15, -0.1) is 16.9 Å². The molecule has 0 radical (unpaired) electrons. The third kappa shape index (κ3) is 4.08. The van der Waals surface area contributed by atoms with E-state index in [1.807, 2.05) is 30.3 Å². The quantitative estimate of drug-likeness (QED) is 0.363. The van der Waals surface area contributed by atoms with Crippen LogP contribution in [0.3, 0.4) is 0 Å². The number of benzene rings is 1. The third-order valence-electron chi connectivity index (χ3n) is 4.69. The number of aliphatic carboxylic acids is 1. The maximum Gasteiger partial charge on any atom is 0.352 e. The lowest BCUT2D eigenvalue weighted by molar-refractivity contribution is -0.147. The van der Waals surface area contributed by atoms with E-state index in [-0.39, 0.29) is 27.9 Å².